The first-order valence-corrected chi connectivity index (χ1v) is 8.19. The molecule has 0 saturated heterocycles. The van der Waals surface area contributed by atoms with E-state index in [-0.39, 0.29) is 15.2 Å². The molecule has 0 aliphatic carbocycles. The van der Waals surface area contributed by atoms with Gasteiger partial charge >= 0.3 is 5.91 Å². The molecule has 1 atom stereocenters. The molecule has 5 heteroatoms. The average molecular weight is 379 g/mol. The van der Waals surface area contributed by atoms with Gasteiger partial charge in [0.15, 0.2) is 0 Å². The minimum absolute atomic E-state index is 0.0147. The van der Waals surface area contributed by atoms with E-state index in [1.165, 1.54) is 0 Å². The summed E-state index contributed by atoms with van der Waals surface area (Å²) < 4.78 is 10.6. The molecule has 0 bridgehead atoms. The minimum atomic E-state index is -0.301. The first-order valence-electron chi connectivity index (χ1n) is 7.27. The van der Waals surface area contributed by atoms with Crippen molar-refractivity contribution in [3.63, 3.8) is 0 Å². The van der Waals surface area contributed by atoms with Crippen molar-refractivity contribution < 1.29 is 14.3 Å². The maximum Gasteiger partial charge on any atom is 0.336 e. The molecule has 2 rings (SSSR count). The zero-order valence-electron chi connectivity index (χ0n) is 13.7. The van der Waals surface area contributed by atoms with Gasteiger partial charge in [0, 0.05) is 24.3 Å². The predicted octanol–water partition coefficient (Wildman–Crippen LogP) is 4.28. The molecule has 1 unspecified atom stereocenters. The van der Waals surface area contributed by atoms with Crippen LogP contribution in [0.25, 0.3) is 0 Å². The number of nitrogens with zero attached hydrogens (tertiary/aromatic N) is 1. The normalized spacial score (nSPS) is 12.6. The summed E-state index contributed by atoms with van der Waals surface area (Å²) in [7, 11) is 5.11. The molecular weight excluding hydrogens is 358 g/mol. The Morgan fingerprint density at radius 3 is 1.78 bits per heavy atom. The summed E-state index contributed by atoms with van der Waals surface area (Å²) >= 11 is 3.41. The molecule has 0 N–H and O–H groups in total. The Hall–Kier alpha value is -1.85. The molecule has 0 aromatic heterocycles. The molecule has 0 aliphatic rings. The summed E-state index contributed by atoms with van der Waals surface area (Å²) in [4.78, 5) is 12.7. The molecule has 122 valence electrons. The van der Waals surface area contributed by atoms with Gasteiger partial charge in [-0.2, -0.15) is 4.48 Å². The van der Waals surface area contributed by atoms with Crippen molar-refractivity contribution >= 4 is 33.2 Å². The standard InChI is InChI=1S/C18H21BrNO3/c1-13(19)18(21)20(2,14-7-5-9-16(11-14)22-3)15-8-6-10-17(12-15)23-4/h5-13H,1-4H3/q+1. The van der Waals surface area contributed by atoms with Crippen LogP contribution in [0.1, 0.15) is 6.92 Å². The van der Waals surface area contributed by atoms with Crippen LogP contribution in [0.2, 0.25) is 0 Å². The second kappa shape index (κ2) is 7.15. The third-order valence-electron chi connectivity index (χ3n) is 3.92. The van der Waals surface area contributed by atoms with Gasteiger partial charge in [-0.05, 0) is 19.1 Å². The molecule has 0 saturated carbocycles. The topological polar surface area (TPSA) is 35.5 Å². The van der Waals surface area contributed by atoms with Gasteiger partial charge in [0.05, 0.1) is 21.3 Å². The Morgan fingerprint density at radius 1 is 1.00 bits per heavy atom. The molecule has 0 heterocycles. The van der Waals surface area contributed by atoms with Crippen molar-refractivity contribution in [3.05, 3.63) is 48.5 Å². The van der Waals surface area contributed by atoms with Crippen molar-refractivity contribution in [2.75, 3.05) is 21.3 Å². The van der Waals surface area contributed by atoms with E-state index >= 15 is 0 Å². The minimum Gasteiger partial charge on any atom is -0.497 e. The number of alkyl halides is 1. The van der Waals surface area contributed by atoms with Crippen molar-refractivity contribution in [2.24, 2.45) is 0 Å². The number of methoxy groups -OCH3 is 2. The van der Waals surface area contributed by atoms with E-state index in [1.807, 2.05) is 62.5 Å². The van der Waals surface area contributed by atoms with Crippen LogP contribution >= 0.6 is 15.9 Å². The summed E-state index contributed by atoms with van der Waals surface area (Å²) in [5.41, 5.74) is 1.66. The van der Waals surface area contributed by atoms with Gasteiger partial charge in [-0.1, -0.05) is 28.1 Å². The second-order valence-electron chi connectivity index (χ2n) is 5.36. The van der Waals surface area contributed by atoms with E-state index < -0.39 is 0 Å². The van der Waals surface area contributed by atoms with E-state index in [0.717, 1.165) is 11.4 Å². The lowest BCUT2D eigenvalue weighted by atomic mass is 10.1. The summed E-state index contributed by atoms with van der Waals surface area (Å²) in [6.07, 6.45) is 0. The van der Waals surface area contributed by atoms with Crippen LogP contribution in [-0.2, 0) is 4.79 Å². The Morgan fingerprint density at radius 2 is 1.43 bits per heavy atom. The Labute approximate surface area is 145 Å². The molecule has 23 heavy (non-hydrogen) atoms. The Balaban J connectivity index is 2.66. The van der Waals surface area contributed by atoms with Gasteiger partial charge in [-0.15, -0.1) is 0 Å². The van der Waals surface area contributed by atoms with E-state index in [4.69, 9.17) is 9.47 Å². The summed E-state index contributed by atoms with van der Waals surface area (Å²) in [6.45, 7) is 1.83. The maximum atomic E-state index is 13.0. The SMILES string of the molecule is COc1cccc([N+](C)(C(=O)C(C)Br)c2cccc(OC)c2)c1. The molecule has 0 spiro atoms. The molecule has 0 fully saturated rings. The lowest BCUT2D eigenvalue weighted by Gasteiger charge is -2.32. The highest BCUT2D eigenvalue weighted by molar-refractivity contribution is 9.10. The Bertz CT molecular complexity index is 653. The fourth-order valence-electron chi connectivity index (χ4n) is 2.54. The Kier molecular flexibility index (Phi) is 5.44. The van der Waals surface area contributed by atoms with Gasteiger partial charge in [0.25, 0.3) is 0 Å². The smallest absolute Gasteiger partial charge is 0.336 e. The van der Waals surface area contributed by atoms with Crippen LogP contribution in [0.4, 0.5) is 11.4 Å². The van der Waals surface area contributed by atoms with Crippen LogP contribution in [0.3, 0.4) is 0 Å². The number of rotatable bonds is 5. The van der Waals surface area contributed by atoms with Crippen LogP contribution in [0.15, 0.2) is 48.5 Å². The molecular formula is C18H21BrNO3+. The summed E-state index contributed by atoms with van der Waals surface area (Å²) in [5.74, 6) is 1.45. The number of hydrogen-bond acceptors (Lipinski definition) is 3. The van der Waals surface area contributed by atoms with Gasteiger partial charge in [0.2, 0.25) is 0 Å². The number of amides is 1. The highest BCUT2D eigenvalue weighted by atomic mass is 79.9. The van der Waals surface area contributed by atoms with Gasteiger partial charge in [-0.3, -0.25) is 0 Å². The van der Waals surface area contributed by atoms with Gasteiger partial charge in [0.1, 0.15) is 27.7 Å². The highest BCUT2D eigenvalue weighted by Crippen LogP contribution is 2.37. The van der Waals surface area contributed by atoms with Crippen molar-refractivity contribution in [2.45, 2.75) is 11.8 Å². The maximum absolute atomic E-state index is 13.0. The number of carbonyl (C=O) groups excluding carboxylic acids is 1. The van der Waals surface area contributed by atoms with Crippen LogP contribution in [-0.4, -0.2) is 32.0 Å². The lowest BCUT2D eigenvalue weighted by molar-refractivity contribution is -0.125. The van der Waals surface area contributed by atoms with E-state index in [9.17, 15) is 4.79 Å². The number of hydrogen-bond donors (Lipinski definition) is 0. The number of carbonyl (C=O) groups is 1. The largest absolute Gasteiger partial charge is 0.497 e. The zero-order chi connectivity index (χ0) is 17.0. The molecule has 2 aromatic rings. The quantitative estimate of drug-likeness (QED) is 0.575. The van der Waals surface area contributed by atoms with Crippen LogP contribution < -0.4 is 14.0 Å². The highest BCUT2D eigenvalue weighted by Gasteiger charge is 2.40. The number of benzene rings is 2. The van der Waals surface area contributed by atoms with Crippen molar-refractivity contribution in [1.29, 1.82) is 0 Å². The fraction of sp³-hybridized carbons (Fsp3) is 0.278. The first kappa shape index (κ1) is 17.5. The summed E-state index contributed by atoms with van der Waals surface area (Å²) in [6, 6.07) is 15.1. The van der Waals surface area contributed by atoms with Crippen LogP contribution in [0, 0.1) is 0 Å². The molecule has 0 aliphatic heterocycles. The van der Waals surface area contributed by atoms with Gasteiger partial charge in [-0.25, -0.2) is 4.79 Å². The number of quaternary nitrogens is 1. The molecule has 4 nitrogen and oxygen atoms in total. The first-order chi connectivity index (χ1) is 10.9. The molecule has 2 aromatic carbocycles. The lowest BCUT2D eigenvalue weighted by Crippen LogP contribution is -2.49. The van der Waals surface area contributed by atoms with E-state index in [2.05, 4.69) is 15.9 Å². The average Bonchev–Trinajstić information content (AvgIpc) is 2.60. The van der Waals surface area contributed by atoms with Crippen molar-refractivity contribution in [1.82, 2.24) is 4.48 Å². The second-order valence-corrected chi connectivity index (χ2v) is 6.74. The zero-order valence-corrected chi connectivity index (χ0v) is 15.3. The third kappa shape index (κ3) is 3.41. The van der Waals surface area contributed by atoms with E-state index in [1.54, 1.807) is 14.2 Å². The summed E-state index contributed by atoms with van der Waals surface area (Å²) in [5, 5.41) is 0. The third-order valence-corrected chi connectivity index (χ3v) is 4.31. The molecule has 1 amide bonds. The van der Waals surface area contributed by atoms with E-state index in [0.29, 0.717) is 11.5 Å². The monoisotopic (exact) mass is 378 g/mol. The molecule has 0 radical (unpaired) electrons. The van der Waals surface area contributed by atoms with Crippen molar-refractivity contribution in [3.8, 4) is 11.5 Å². The fourth-order valence-corrected chi connectivity index (χ4v) is 2.95. The number of ether oxygens (including phenoxy) is 2. The van der Waals surface area contributed by atoms with Crippen LogP contribution in [0.5, 0.6) is 11.5 Å². The predicted molar refractivity (Wildman–Crippen MR) is 96.8 cm³/mol. The number of halogens is 1. The van der Waals surface area contributed by atoms with Gasteiger partial charge < -0.3 is 9.47 Å².